The van der Waals surface area contributed by atoms with Crippen molar-refractivity contribution in [1.82, 2.24) is 5.32 Å². The Morgan fingerprint density at radius 1 is 0.818 bits per heavy atom. The Bertz CT molecular complexity index is 2020. The van der Waals surface area contributed by atoms with E-state index in [1.54, 1.807) is 0 Å². The van der Waals surface area contributed by atoms with E-state index in [1.165, 1.54) is 63.1 Å². The van der Waals surface area contributed by atoms with Gasteiger partial charge in [-0.15, -0.1) is 6.58 Å². The molecule has 3 aromatic carbocycles. The van der Waals surface area contributed by atoms with E-state index in [9.17, 15) is 0 Å². The molecule has 55 heavy (non-hydrogen) atoms. The molecule has 0 saturated heterocycles. The van der Waals surface area contributed by atoms with Gasteiger partial charge in [-0.1, -0.05) is 165 Å². The summed E-state index contributed by atoms with van der Waals surface area (Å²) in [6.07, 6.45) is 37.9. The fourth-order valence-electron chi connectivity index (χ4n) is 8.88. The van der Waals surface area contributed by atoms with Crippen molar-refractivity contribution in [3.05, 3.63) is 216 Å². The average Bonchev–Trinajstić information content (AvgIpc) is 3.47. The second-order valence-corrected chi connectivity index (χ2v) is 15.7. The summed E-state index contributed by atoms with van der Waals surface area (Å²) >= 11 is 0. The van der Waals surface area contributed by atoms with Crippen LogP contribution in [0, 0.1) is 23.7 Å². The van der Waals surface area contributed by atoms with Gasteiger partial charge < -0.3 is 5.32 Å². The highest BCUT2D eigenvalue weighted by Crippen LogP contribution is 2.42. The average molecular weight is 724 g/mol. The van der Waals surface area contributed by atoms with Gasteiger partial charge in [-0.05, 0) is 133 Å². The fraction of sp³-hybridized carbons (Fsp3) is 0.296. The molecule has 2 bridgehead atoms. The first-order valence-electron chi connectivity index (χ1n) is 20.6. The van der Waals surface area contributed by atoms with Crippen molar-refractivity contribution in [2.45, 2.75) is 77.7 Å². The quantitative estimate of drug-likeness (QED) is 0.153. The Morgan fingerprint density at radius 2 is 1.58 bits per heavy atom. The SMILES string of the molecule is C=CCC(/C=C\C)C1=CC(c2cccc(C3/C=C\C(C)C(c4ccccc4C(/C=C\C)=C(\C)C=C)CC4C=CC=CC(CC3)C4)c2)=CC(c2ccccc2)N1. The van der Waals surface area contributed by atoms with Gasteiger partial charge in [0.15, 0.2) is 0 Å². The molecular formula is C54H61N. The molecule has 0 aromatic heterocycles. The standard InChI is InChI=1S/C54H61N/c1-7-19-44(20-8-2)53-37-48(38-54(55-53)45-24-12-11-13-25-45)47-27-18-26-46(36-47)43-32-30-40(6)52(35-42-23-15-14-22-41(34-42)31-33-43)51-29-17-16-28-50(51)49(21-9-3)39(5)10-4/h7-18,20-30,32,36-38,40-44,52,54-55H,1,4,19,31,33-35H2,2-3,5-6H3/b20-8-,21-9-,32-30-,49-39+. The number of nitrogens with one attached hydrogen (secondary N) is 1. The van der Waals surface area contributed by atoms with Crippen molar-refractivity contribution >= 4 is 11.1 Å². The topological polar surface area (TPSA) is 12.0 Å². The molecule has 0 amide bonds. The van der Waals surface area contributed by atoms with E-state index in [2.05, 4.69) is 198 Å². The molecule has 2 aliphatic carbocycles. The number of hydrogen-bond donors (Lipinski definition) is 1. The molecule has 0 saturated carbocycles. The number of dihydropyridines is 1. The van der Waals surface area contributed by atoms with Crippen molar-refractivity contribution in [3.63, 3.8) is 0 Å². The maximum atomic E-state index is 4.14. The summed E-state index contributed by atoms with van der Waals surface area (Å²) in [6.45, 7) is 17.1. The minimum atomic E-state index is 0.0948. The minimum Gasteiger partial charge on any atom is -0.377 e. The Morgan fingerprint density at radius 3 is 2.35 bits per heavy atom. The van der Waals surface area contributed by atoms with Crippen LogP contribution in [0.4, 0.5) is 0 Å². The third-order valence-electron chi connectivity index (χ3n) is 11.9. The van der Waals surface area contributed by atoms with Gasteiger partial charge in [-0.25, -0.2) is 0 Å². The van der Waals surface area contributed by atoms with Crippen molar-refractivity contribution in [2.24, 2.45) is 23.7 Å². The van der Waals surface area contributed by atoms with Gasteiger partial charge in [0.2, 0.25) is 0 Å². The number of benzene rings is 3. The van der Waals surface area contributed by atoms with E-state index in [1.807, 2.05) is 12.2 Å². The number of hydrogen-bond acceptors (Lipinski definition) is 1. The lowest BCUT2D eigenvalue weighted by molar-refractivity contribution is 0.380. The van der Waals surface area contributed by atoms with Crippen molar-refractivity contribution in [2.75, 3.05) is 0 Å². The Balaban J connectivity index is 1.39. The Kier molecular flexibility index (Phi) is 14.0. The molecule has 1 nitrogen and oxygen atoms in total. The summed E-state index contributed by atoms with van der Waals surface area (Å²) in [7, 11) is 0. The number of rotatable bonds is 11. The summed E-state index contributed by atoms with van der Waals surface area (Å²) in [6, 6.07) is 29.4. The second kappa shape index (κ2) is 19.4. The van der Waals surface area contributed by atoms with E-state index in [4.69, 9.17) is 0 Å². The first-order valence-corrected chi connectivity index (χ1v) is 20.6. The van der Waals surface area contributed by atoms with Crippen LogP contribution in [0.2, 0.25) is 0 Å². The summed E-state index contributed by atoms with van der Waals surface area (Å²) in [5, 5.41) is 3.88. The number of fused-ring (bicyclic) bond motifs is 2. The highest BCUT2D eigenvalue weighted by atomic mass is 14.9. The highest BCUT2D eigenvalue weighted by Gasteiger charge is 2.28. The Hall–Kier alpha value is -5.14. The van der Waals surface area contributed by atoms with Gasteiger partial charge in [-0.3, -0.25) is 0 Å². The number of allylic oxidation sites excluding steroid dienone is 16. The minimum absolute atomic E-state index is 0.0948. The predicted octanol–water partition coefficient (Wildman–Crippen LogP) is 14.6. The monoisotopic (exact) mass is 723 g/mol. The molecule has 0 radical (unpaired) electrons. The molecule has 7 atom stereocenters. The van der Waals surface area contributed by atoms with E-state index >= 15 is 0 Å². The maximum absolute atomic E-state index is 4.14. The summed E-state index contributed by atoms with van der Waals surface area (Å²) < 4.78 is 0. The van der Waals surface area contributed by atoms with Crippen LogP contribution < -0.4 is 5.32 Å². The van der Waals surface area contributed by atoms with Gasteiger partial charge >= 0.3 is 0 Å². The lowest BCUT2D eigenvalue weighted by Crippen LogP contribution is -2.26. The van der Waals surface area contributed by atoms with Crippen LogP contribution in [0.25, 0.3) is 11.1 Å². The molecule has 1 heteroatoms. The van der Waals surface area contributed by atoms with E-state index in [-0.39, 0.29) is 12.0 Å². The zero-order valence-corrected chi connectivity index (χ0v) is 33.6. The zero-order valence-electron chi connectivity index (χ0n) is 33.6. The highest BCUT2D eigenvalue weighted by molar-refractivity contribution is 5.80. The summed E-state index contributed by atoms with van der Waals surface area (Å²) in [5.41, 5.74) is 11.7. The third kappa shape index (κ3) is 9.95. The van der Waals surface area contributed by atoms with E-state index < -0.39 is 0 Å². The largest absolute Gasteiger partial charge is 0.377 e. The lowest BCUT2D eigenvalue weighted by atomic mass is 9.75. The van der Waals surface area contributed by atoms with Crippen LogP contribution in [-0.2, 0) is 0 Å². The van der Waals surface area contributed by atoms with Gasteiger partial charge in [-0.2, -0.15) is 0 Å². The molecule has 1 N–H and O–H groups in total. The van der Waals surface area contributed by atoms with Crippen LogP contribution in [-0.4, -0.2) is 0 Å². The smallest absolute Gasteiger partial charge is 0.0704 e. The molecule has 1 aliphatic heterocycles. The van der Waals surface area contributed by atoms with Crippen LogP contribution in [0.5, 0.6) is 0 Å². The van der Waals surface area contributed by atoms with Crippen LogP contribution in [0.15, 0.2) is 188 Å². The van der Waals surface area contributed by atoms with Gasteiger partial charge in [0.25, 0.3) is 0 Å². The molecular weight excluding hydrogens is 663 g/mol. The molecule has 0 fully saturated rings. The van der Waals surface area contributed by atoms with Gasteiger partial charge in [0.05, 0.1) is 6.04 Å². The van der Waals surface area contributed by atoms with Gasteiger partial charge in [0, 0.05) is 17.5 Å². The fourth-order valence-corrected chi connectivity index (χ4v) is 8.88. The van der Waals surface area contributed by atoms with Crippen molar-refractivity contribution < 1.29 is 0 Å². The lowest BCUT2D eigenvalue weighted by Gasteiger charge is -2.29. The van der Waals surface area contributed by atoms with Crippen LogP contribution in [0.3, 0.4) is 0 Å². The summed E-state index contributed by atoms with van der Waals surface area (Å²) in [4.78, 5) is 0. The maximum Gasteiger partial charge on any atom is 0.0704 e. The molecule has 7 unspecified atom stereocenters. The molecule has 3 aromatic rings. The van der Waals surface area contributed by atoms with Gasteiger partial charge in [0.1, 0.15) is 0 Å². The molecule has 3 aliphatic rings. The first kappa shape index (κ1) is 39.6. The first-order chi connectivity index (χ1) is 26.9. The molecule has 6 rings (SSSR count). The normalized spacial score (nSPS) is 25.8. The zero-order chi connectivity index (χ0) is 38.6. The van der Waals surface area contributed by atoms with Crippen LogP contribution in [0.1, 0.15) is 105 Å². The third-order valence-corrected chi connectivity index (χ3v) is 11.9. The molecule has 1 heterocycles. The van der Waals surface area contributed by atoms with Crippen molar-refractivity contribution in [3.8, 4) is 0 Å². The second-order valence-electron chi connectivity index (χ2n) is 15.7. The molecule has 0 spiro atoms. The Labute approximate surface area is 332 Å². The molecule has 282 valence electrons. The van der Waals surface area contributed by atoms with Crippen molar-refractivity contribution in [1.29, 1.82) is 0 Å². The van der Waals surface area contributed by atoms with E-state index in [0.29, 0.717) is 29.6 Å². The summed E-state index contributed by atoms with van der Waals surface area (Å²) in [5.74, 6) is 2.41. The van der Waals surface area contributed by atoms with Crippen LogP contribution >= 0.6 is 0 Å². The predicted molar refractivity (Wildman–Crippen MR) is 239 cm³/mol. The van der Waals surface area contributed by atoms with E-state index in [0.717, 1.165) is 19.3 Å².